The highest BCUT2D eigenvalue weighted by Gasteiger charge is 2.08. The van der Waals surface area contributed by atoms with Crippen LogP contribution in [0.5, 0.6) is 0 Å². The predicted molar refractivity (Wildman–Crippen MR) is 64.9 cm³/mol. The zero-order valence-corrected chi connectivity index (χ0v) is 9.87. The fraction of sp³-hybridized carbons (Fsp3) is 0. The van der Waals surface area contributed by atoms with Gasteiger partial charge in [0, 0.05) is 15.6 Å². The Kier molecular flexibility index (Phi) is 3.15. The third-order valence-corrected chi connectivity index (χ3v) is 2.98. The first-order valence-corrected chi connectivity index (χ1v) is 5.51. The van der Waals surface area contributed by atoms with Crippen LogP contribution >= 0.6 is 15.9 Å². The van der Waals surface area contributed by atoms with Gasteiger partial charge < -0.3 is 0 Å². The summed E-state index contributed by atoms with van der Waals surface area (Å²) in [5.74, 6) is -0.336. The lowest BCUT2D eigenvalue weighted by Crippen LogP contribution is -1.88. The SMILES string of the molecule is O=Cc1ccc(F)c(-c2ccccc2Br)c1. The largest absolute Gasteiger partial charge is 0.298 e. The van der Waals surface area contributed by atoms with E-state index < -0.39 is 0 Å². The maximum Gasteiger partial charge on any atom is 0.150 e. The highest BCUT2D eigenvalue weighted by atomic mass is 79.9. The van der Waals surface area contributed by atoms with Crippen molar-refractivity contribution in [2.45, 2.75) is 0 Å². The van der Waals surface area contributed by atoms with Crippen LogP contribution in [-0.2, 0) is 0 Å². The zero-order chi connectivity index (χ0) is 11.5. The molecule has 0 bridgehead atoms. The second-order valence-corrected chi connectivity index (χ2v) is 4.19. The minimum absolute atomic E-state index is 0.336. The average molecular weight is 279 g/mol. The molecule has 2 aromatic rings. The van der Waals surface area contributed by atoms with Gasteiger partial charge in [0.2, 0.25) is 0 Å². The highest BCUT2D eigenvalue weighted by Crippen LogP contribution is 2.30. The zero-order valence-electron chi connectivity index (χ0n) is 8.28. The molecule has 0 saturated heterocycles. The highest BCUT2D eigenvalue weighted by molar-refractivity contribution is 9.10. The van der Waals surface area contributed by atoms with E-state index in [0.29, 0.717) is 17.4 Å². The van der Waals surface area contributed by atoms with Crippen molar-refractivity contribution in [1.29, 1.82) is 0 Å². The number of carbonyl (C=O) groups excluding carboxylic acids is 1. The summed E-state index contributed by atoms with van der Waals surface area (Å²) < 4.78 is 14.4. The third-order valence-electron chi connectivity index (χ3n) is 2.29. The van der Waals surface area contributed by atoms with Crippen molar-refractivity contribution < 1.29 is 9.18 Å². The molecule has 0 saturated carbocycles. The van der Waals surface area contributed by atoms with Gasteiger partial charge in [-0.1, -0.05) is 34.1 Å². The Morgan fingerprint density at radius 2 is 1.81 bits per heavy atom. The number of aldehydes is 1. The number of halogens is 2. The van der Waals surface area contributed by atoms with E-state index in [-0.39, 0.29) is 5.82 Å². The van der Waals surface area contributed by atoms with Gasteiger partial charge in [0.05, 0.1) is 0 Å². The molecule has 0 unspecified atom stereocenters. The summed E-state index contributed by atoms with van der Waals surface area (Å²) >= 11 is 3.36. The van der Waals surface area contributed by atoms with E-state index in [9.17, 15) is 9.18 Å². The van der Waals surface area contributed by atoms with Crippen LogP contribution in [-0.4, -0.2) is 6.29 Å². The molecule has 0 atom stereocenters. The number of hydrogen-bond acceptors (Lipinski definition) is 1. The molecule has 2 rings (SSSR count). The van der Waals surface area contributed by atoms with Gasteiger partial charge in [0.15, 0.2) is 0 Å². The first-order valence-electron chi connectivity index (χ1n) is 4.72. The molecule has 80 valence electrons. The molecule has 0 N–H and O–H groups in total. The Morgan fingerprint density at radius 3 is 2.50 bits per heavy atom. The molecule has 2 aromatic carbocycles. The Labute approximate surface area is 101 Å². The molecule has 0 aromatic heterocycles. The van der Waals surface area contributed by atoms with Crippen LogP contribution in [0.25, 0.3) is 11.1 Å². The lowest BCUT2D eigenvalue weighted by Gasteiger charge is -2.06. The van der Waals surface area contributed by atoms with Gasteiger partial charge in [0.25, 0.3) is 0 Å². The van der Waals surface area contributed by atoms with E-state index in [2.05, 4.69) is 15.9 Å². The van der Waals surface area contributed by atoms with Crippen LogP contribution in [0, 0.1) is 5.82 Å². The second kappa shape index (κ2) is 4.58. The molecule has 0 aliphatic rings. The molecule has 0 fully saturated rings. The minimum atomic E-state index is -0.336. The molecule has 16 heavy (non-hydrogen) atoms. The standard InChI is InChI=1S/C13H8BrFO/c14-12-4-2-1-3-10(12)11-7-9(8-16)5-6-13(11)15/h1-8H. The summed E-state index contributed by atoms with van der Waals surface area (Å²) in [5.41, 5.74) is 1.63. The monoisotopic (exact) mass is 278 g/mol. The van der Waals surface area contributed by atoms with Gasteiger partial charge in [0.1, 0.15) is 12.1 Å². The van der Waals surface area contributed by atoms with Gasteiger partial charge in [-0.25, -0.2) is 4.39 Å². The Balaban J connectivity index is 2.63. The maximum atomic E-state index is 13.6. The molecular formula is C13H8BrFO. The average Bonchev–Trinajstić information content (AvgIpc) is 2.31. The second-order valence-electron chi connectivity index (χ2n) is 3.34. The van der Waals surface area contributed by atoms with E-state index in [1.807, 2.05) is 18.2 Å². The van der Waals surface area contributed by atoms with Crippen LogP contribution in [0.2, 0.25) is 0 Å². The first kappa shape index (κ1) is 11.0. The van der Waals surface area contributed by atoms with Gasteiger partial charge >= 0.3 is 0 Å². The Hall–Kier alpha value is -1.48. The van der Waals surface area contributed by atoms with E-state index >= 15 is 0 Å². The quantitative estimate of drug-likeness (QED) is 0.757. The minimum Gasteiger partial charge on any atom is -0.298 e. The number of carbonyl (C=O) groups is 1. The van der Waals surface area contributed by atoms with Gasteiger partial charge in [-0.3, -0.25) is 4.79 Å². The molecular weight excluding hydrogens is 271 g/mol. The van der Waals surface area contributed by atoms with Crippen molar-refractivity contribution in [3.05, 3.63) is 58.3 Å². The number of hydrogen-bond donors (Lipinski definition) is 0. The van der Waals surface area contributed by atoms with Crippen LogP contribution in [0.4, 0.5) is 4.39 Å². The van der Waals surface area contributed by atoms with Gasteiger partial charge in [-0.2, -0.15) is 0 Å². The number of rotatable bonds is 2. The van der Waals surface area contributed by atoms with Crippen LogP contribution in [0.3, 0.4) is 0 Å². The van der Waals surface area contributed by atoms with Crippen LogP contribution in [0.15, 0.2) is 46.9 Å². The van der Waals surface area contributed by atoms with Gasteiger partial charge in [-0.15, -0.1) is 0 Å². The summed E-state index contributed by atoms with van der Waals surface area (Å²) in [6, 6.07) is 11.6. The van der Waals surface area contributed by atoms with Crippen LogP contribution < -0.4 is 0 Å². The van der Waals surface area contributed by atoms with E-state index in [0.717, 1.165) is 10.0 Å². The van der Waals surface area contributed by atoms with E-state index in [4.69, 9.17) is 0 Å². The topological polar surface area (TPSA) is 17.1 Å². The molecule has 0 spiro atoms. The van der Waals surface area contributed by atoms with Crippen molar-refractivity contribution in [2.24, 2.45) is 0 Å². The fourth-order valence-corrected chi connectivity index (χ4v) is 2.00. The van der Waals surface area contributed by atoms with Crippen molar-refractivity contribution in [1.82, 2.24) is 0 Å². The lowest BCUT2D eigenvalue weighted by atomic mass is 10.0. The summed E-state index contributed by atoms with van der Waals surface area (Å²) in [6.07, 6.45) is 0.708. The van der Waals surface area contributed by atoms with Crippen LogP contribution in [0.1, 0.15) is 10.4 Å². The van der Waals surface area contributed by atoms with E-state index in [1.54, 1.807) is 12.1 Å². The van der Waals surface area contributed by atoms with E-state index in [1.165, 1.54) is 12.1 Å². The molecule has 0 aliphatic carbocycles. The molecule has 0 radical (unpaired) electrons. The Bertz CT molecular complexity index is 537. The maximum absolute atomic E-state index is 13.6. The normalized spacial score (nSPS) is 10.1. The first-order chi connectivity index (χ1) is 7.72. The lowest BCUT2D eigenvalue weighted by molar-refractivity contribution is 0.112. The van der Waals surface area contributed by atoms with Crippen molar-refractivity contribution in [2.75, 3.05) is 0 Å². The molecule has 0 amide bonds. The molecule has 0 aliphatic heterocycles. The summed E-state index contributed by atoms with van der Waals surface area (Å²) in [5, 5.41) is 0. The smallest absolute Gasteiger partial charge is 0.150 e. The van der Waals surface area contributed by atoms with Crippen molar-refractivity contribution in [3.63, 3.8) is 0 Å². The summed E-state index contributed by atoms with van der Waals surface area (Å²) in [4.78, 5) is 10.7. The number of benzene rings is 2. The summed E-state index contributed by atoms with van der Waals surface area (Å²) in [6.45, 7) is 0. The predicted octanol–water partition coefficient (Wildman–Crippen LogP) is 4.07. The van der Waals surface area contributed by atoms with Crippen molar-refractivity contribution in [3.8, 4) is 11.1 Å². The fourth-order valence-electron chi connectivity index (χ4n) is 1.50. The van der Waals surface area contributed by atoms with Crippen molar-refractivity contribution >= 4 is 22.2 Å². The molecule has 3 heteroatoms. The Morgan fingerprint density at radius 1 is 1.06 bits per heavy atom. The third kappa shape index (κ3) is 2.04. The molecule has 1 nitrogen and oxygen atoms in total. The molecule has 0 heterocycles. The van der Waals surface area contributed by atoms with Gasteiger partial charge in [-0.05, 0) is 29.8 Å². The summed E-state index contributed by atoms with van der Waals surface area (Å²) in [7, 11) is 0.